The smallest absolute Gasteiger partial charge is 0.186 e. The van der Waals surface area contributed by atoms with Crippen LogP contribution in [0.15, 0.2) is 49.1 Å². The molecule has 3 heterocycles. The Morgan fingerprint density at radius 3 is 2.65 bits per heavy atom. The van der Waals surface area contributed by atoms with Crippen LogP contribution in [0.5, 0.6) is 0 Å². The first kappa shape index (κ1) is 23.1. The summed E-state index contributed by atoms with van der Waals surface area (Å²) in [5.74, 6) is -1.48. The van der Waals surface area contributed by atoms with Gasteiger partial charge < -0.3 is 10.0 Å². The molecular weight excluding hydrogens is 482 g/mol. The highest BCUT2D eigenvalue weighted by atomic mass is 35.5. The molecule has 7 nitrogen and oxygen atoms in total. The van der Waals surface area contributed by atoms with Crippen LogP contribution in [-0.2, 0) is 12.1 Å². The average molecular weight is 505 g/mol. The molecule has 2 atom stereocenters. The lowest BCUT2D eigenvalue weighted by molar-refractivity contribution is -0.0650. The lowest BCUT2D eigenvalue weighted by atomic mass is 9.85. The van der Waals surface area contributed by atoms with Crippen molar-refractivity contribution in [3.63, 3.8) is 0 Å². The number of hydrogen-bond acceptors (Lipinski definition) is 7. The van der Waals surface area contributed by atoms with Gasteiger partial charge in [0, 0.05) is 48.9 Å². The number of nitrogens with zero attached hydrogens (tertiary/aromatic N) is 6. The number of anilines is 1. The van der Waals surface area contributed by atoms with E-state index < -0.39 is 23.3 Å². The summed E-state index contributed by atoms with van der Waals surface area (Å²) in [6.45, 7) is 4.51. The van der Waals surface area contributed by atoms with Gasteiger partial charge in [-0.15, -0.1) is 0 Å². The number of aliphatic hydroxyl groups is 1. The highest BCUT2D eigenvalue weighted by Crippen LogP contribution is 2.35. The summed E-state index contributed by atoms with van der Waals surface area (Å²) in [6, 6.07) is 8.45. The molecule has 34 heavy (non-hydrogen) atoms. The summed E-state index contributed by atoms with van der Waals surface area (Å²) in [6.07, 6.45) is 2.83. The Hall–Kier alpha value is -2.66. The van der Waals surface area contributed by atoms with Gasteiger partial charge in [-0.1, -0.05) is 29.0 Å². The van der Waals surface area contributed by atoms with Crippen LogP contribution in [0.3, 0.4) is 0 Å². The van der Waals surface area contributed by atoms with Crippen LogP contribution in [0.4, 0.5) is 13.9 Å². The van der Waals surface area contributed by atoms with Gasteiger partial charge in [-0.2, -0.15) is 5.10 Å². The number of piperazine rings is 1. The topological polar surface area (TPSA) is 70.3 Å². The fourth-order valence-corrected chi connectivity index (χ4v) is 5.76. The summed E-state index contributed by atoms with van der Waals surface area (Å²) < 4.78 is 30.9. The minimum absolute atomic E-state index is 0.0183. The molecule has 1 fully saturated rings. The molecule has 4 aromatic rings. The van der Waals surface area contributed by atoms with Gasteiger partial charge in [0.2, 0.25) is 0 Å². The molecule has 0 unspecified atom stereocenters. The molecule has 0 saturated carbocycles. The minimum atomic E-state index is -1.65. The molecule has 1 aliphatic heterocycles. The summed E-state index contributed by atoms with van der Waals surface area (Å²) in [5, 5.41) is 17.5. The van der Waals surface area contributed by atoms with Crippen molar-refractivity contribution in [2.24, 2.45) is 0 Å². The Morgan fingerprint density at radius 1 is 1.15 bits per heavy atom. The normalized spacial score (nSPS) is 17.7. The van der Waals surface area contributed by atoms with E-state index in [2.05, 4.69) is 19.9 Å². The van der Waals surface area contributed by atoms with Gasteiger partial charge in [-0.05, 0) is 31.2 Å². The van der Waals surface area contributed by atoms with Gasteiger partial charge in [0.15, 0.2) is 5.13 Å². The lowest BCUT2D eigenvalue weighted by Crippen LogP contribution is -2.57. The molecule has 2 aromatic heterocycles. The molecule has 1 N–H and O–H groups in total. The van der Waals surface area contributed by atoms with Gasteiger partial charge in [-0.25, -0.2) is 23.4 Å². The quantitative estimate of drug-likeness (QED) is 0.429. The highest BCUT2D eigenvalue weighted by Gasteiger charge is 2.42. The maximum Gasteiger partial charge on any atom is 0.186 e. The zero-order chi connectivity index (χ0) is 23.9. The molecule has 0 bridgehead atoms. The van der Waals surface area contributed by atoms with Crippen LogP contribution >= 0.6 is 22.9 Å². The zero-order valence-electron chi connectivity index (χ0n) is 18.4. The molecule has 0 amide bonds. The van der Waals surface area contributed by atoms with E-state index in [1.54, 1.807) is 11.3 Å². The summed E-state index contributed by atoms with van der Waals surface area (Å²) in [7, 11) is 0. The number of halogens is 3. The Kier molecular flexibility index (Phi) is 6.24. The number of aromatic nitrogens is 4. The van der Waals surface area contributed by atoms with Crippen LogP contribution in [-0.4, -0.2) is 62.0 Å². The molecule has 5 rings (SSSR count). The van der Waals surface area contributed by atoms with Gasteiger partial charge in [0.25, 0.3) is 0 Å². The molecule has 0 aliphatic carbocycles. The van der Waals surface area contributed by atoms with Crippen LogP contribution < -0.4 is 4.90 Å². The second kappa shape index (κ2) is 9.18. The Balaban J connectivity index is 1.37. The molecular formula is C23H23ClF2N6OS. The third-order valence-electron chi connectivity index (χ3n) is 6.43. The van der Waals surface area contributed by atoms with E-state index in [1.807, 2.05) is 25.1 Å². The lowest BCUT2D eigenvalue weighted by Gasteiger charge is -2.44. The Labute approximate surface area is 204 Å². The number of rotatable bonds is 6. The van der Waals surface area contributed by atoms with E-state index in [-0.39, 0.29) is 12.1 Å². The molecule has 178 valence electrons. The maximum absolute atomic E-state index is 14.8. The number of hydrogen-bond donors (Lipinski definition) is 1. The van der Waals surface area contributed by atoms with Gasteiger partial charge in [0.1, 0.15) is 29.9 Å². The van der Waals surface area contributed by atoms with E-state index in [1.165, 1.54) is 23.4 Å². The number of fused-ring (bicyclic) bond motifs is 1. The molecule has 0 radical (unpaired) electrons. The average Bonchev–Trinajstić information content (AvgIpc) is 3.48. The molecule has 11 heteroatoms. The largest absolute Gasteiger partial charge is 0.381 e. The van der Waals surface area contributed by atoms with Crippen molar-refractivity contribution in [3.05, 3.63) is 71.3 Å². The van der Waals surface area contributed by atoms with E-state index in [0.717, 1.165) is 27.5 Å². The minimum Gasteiger partial charge on any atom is -0.381 e. The van der Waals surface area contributed by atoms with Crippen molar-refractivity contribution in [1.29, 1.82) is 0 Å². The summed E-state index contributed by atoms with van der Waals surface area (Å²) in [5.41, 5.74) is -0.711. The monoisotopic (exact) mass is 504 g/mol. The second-order valence-corrected chi connectivity index (χ2v) is 9.89. The van der Waals surface area contributed by atoms with E-state index in [0.29, 0.717) is 31.2 Å². The van der Waals surface area contributed by atoms with Crippen LogP contribution in [0.2, 0.25) is 5.02 Å². The molecule has 1 saturated heterocycles. The fourth-order valence-electron chi connectivity index (χ4n) is 4.47. The Bertz CT molecular complexity index is 1290. The van der Waals surface area contributed by atoms with Crippen LogP contribution in [0.1, 0.15) is 12.5 Å². The number of benzene rings is 2. The highest BCUT2D eigenvalue weighted by molar-refractivity contribution is 7.22. The Morgan fingerprint density at radius 2 is 1.94 bits per heavy atom. The van der Waals surface area contributed by atoms with Crippen LogP contribution in [0.25, 0.3) is 10.2 Å². The van der Waals surface area contributed by atoms with E-state index >= 15 is 0 Å². The number of thiazole rings is 1. The van der Waals surface area contributed by atoms with Crippen molar-refractivity contribution in [3.8, 4) is 0 Å². The van der Waals surface area contributed by atoms with Gasteiger partial charge in [0.05, 0.1) is 16.8 Å². The maximum atomic E-state index is 14.8. The third kappa shape index (κ3) is 4.38. The van der Waals surface area contributed by atoms with E-state index in [9.17, 15) is 13.9 Å². The first-order valence-electron chi connectivity index (χ1n) is 10.9. The standard InChI is InChI=1S/C23H23ClF2N6OS/c1-15(23(33,12-32-14-27-13-28-32)18-4-3-17(25)11-19(18)26)30-6-8-31(9-7-30)22-29-20-5-2-16(24)10-21(20)34-22/h2-5,10-11,13-15,33H,6-9,12H2,1H3/t15-,23-/m1/s1. The van der Waals surface area contributed by atoms with Crippen molar-refractivity contribution in [2.45, 2.75) is 25.1 Å². The second-order valence-electron chi connectivity index (χ2n) is 8.45. The van der Waals surface area contributed by atoms with Crippen molar-refractivity contribution < 1.29 is 13.9 Å². The first-order valence-corrected chi connectivity index (χ1v) is 12.1. The fraction of sp³-hybridized carbons (Fsp3) is 0.348. The van der Waals surface area contributed by atoms with Crippen molar-refractivity contribution in [1.82, 2.24) is 24.6 Å². The molecule has 2 aromatic carbocycles. The molecule has 1 aliphatic rings. The van der Waals surface area contributed by atoms with Crippen LogP contribution in [0, 0.1) is 11.6 Å². The first-order chi connectivity index (χ1) is 16.3. The predicted octanol–water partition coefficient (Wildman–Crippen LogP) is 3.92. The summed E-state index contributed by atoms with van der Waals surface area (Å²) in [4.78, 5) is 13.0. The SMILES string of the molecule is C[C@@H](N1CCN(c2nc3ccc(Cl)cc3s2)CC1)[C@](O)(Cn1cncn1)c1ccc(F)cc1F. The zero-order valence-corrected chi connectivity index (χ0v) is 20.0. The van der Waals surface area contributed by atoms with Crippen molar-refractivity contribution in [2.75, 3.05) is 31.1 Å². The van der Waals surface area contributed by atoms with Gasteiger partial charge in [-0.3, -0.25) is 4.90 Å². The predicted molar refractivity (Wildman–Crippen MR) is 128 cm³/mol. The van der Waals surface area contributed by atoms with Crippen molar-refractivity contribution >= 4 is 38.3 Å². The molecule has 0 spiro atoms. The third-order valence-corrected chi connectivity index (χ3v) is 7.74. The van der Waals surface area contributed by atoms with E-state index in [4.69, 9.17) is 16.6 Å². The summed E-state index contributed by atoms with van der Waals surface area (Å²) >= 11 is 7.70. The van der Waals surface area contributed by atoms with Gasteiger partial charge >= 0.3 is 0 Å².